The van der Waals surface area contributed by atoms with Crippen LogP contribution in [0.4, 0.5) is 0 Å². The number of nitriles is 2. The largest absolute Gasteiger partial charge is 0.456 e. The summed E-state index contributed by atoms with van der Waals surface area (Å²) < 4.78 is 10.7. The van der Waals surface area contributed by atoms with Crippen LogP contribution in [0.25, 0.3) is 88.1 Å². The molecule has 5 heteroatoms. The van der Waals surface area contributed by atoms with Crippen molar-refractivity contribution in [2.75, 3.05) is 0 Å². The van der Waals surface area contributed by atoms with Gasteiger partial charge in [-0.2, -0.15) is 10.5 Å². The van der Waals surface area contributed by atoms with Gasteiger partial charge in [0.25, 0.3) is 0 Å². The zero-order chi connectivity index (χ0) is 32.6. The SMILES string of the molecule is N#Cc1cccc(-c2cccc(C#N)c2-n2c3ccccc3c3cc4oc5ccccc5c4cc32)c1-n1c2ccccc2c2ccccc21. The van der Waals surface area contributed by atoms with Gasteiger partial charge in [0, 0.05) is 43.4 Å². The van der Waals surface area contributed by atoms with Crippen LogP contribution in [-0.4, -0.2) is 9.13 Å². The summed E-state index contributed by atoms with van der Waals surface area (Å²) >= 11 is 0. The minimum absolute atomic E-state index is 0.535. The highest BCUT2D eigenvalue weighted by molar-refractivity contribution is 6.17. The number of aromatic nitrogens is 2. The molecule has 0 radical (unpaired) electrons. The fourth-order valence-electron chi connectivity index (χ4n) is 7.78. The molecule has 0 bridgehead atoms. The second-order valence-corrected chi connectivity index (χ2v) is 12.3. The van der Waals surface area contributed by atoms with Crippen LogP contribution in [0, 0.1) is 22.7 Å². The second-order valence-electron chi connectivity index (χ2n) is 12.3. The van der Waals surface area contributed by atoms with Gasteiger partial charge < -0.3 is 13.6 Å². The van der Waals surface area contributed by atoms with E-state index in [0.29, 0.717) is 11.1 Å². The van der Waals surface area contributed by atoms with E-state index in [2.05, 4.69) is 88.0 Å². The van der Waals surface area contributed by atoms with E-state index in [4.69, 9.17) is 4.42 Å². The molecule has 0 saturated heterocycles. The minimum atomic E-state index is 0.535. The number of rotatable bonds is 3. The summed E-state index contributed by atoms with van der Waals surface area (Å²) in [6.45, 7) is 0. The maximum atomic E-state index is 10.7. The molecule has 7 aromatic carbocycles. The Morgan fingerprint density at radius 1 is 0.388 bits per heavy atom. The van der Waals surface area contributed by atoms with E-state index in [1.807, 2.05) is 78.9 Å². The average molecular weight is 625 g/mol. The van der Waals surface area contributed by atoms with Gasteiger partial charge in [0.05, 0.1) is 44.6 Å². The maximum Gasteiger partial charge on any atom is 0.136 e. The lowest BCUT2D eigenvalue weighted by atomic mass is 9.95. The zero-order valence-electron chi connectivity index (χ0n) is 26.1. The summed E-state index contributed by atoms with van der Waals surface area (Å²) in [5, 5.41) is 27.7. The second kappa shape index (κ2) is 10.2. The number of hydrogen-bond acceptors (Lipinski definition) is 3. The predicted molar refractivity (Wildman–Crippen MR) is 197 cm³/mol. The van der Waals surface area contributed by atoms with Crippen molar-refractivity contribution in [2.24, 2.45) is 0 Å². The Kier molecular flexibility index (Phi) is 5.64. The molecule has 0 fully saturated rings. The van der Waals surface area contributed by atoms with Crippen LogP contribution in [0.5, 0.6) is 0 Å². The lowest BCUT2D eigenvalue weighted by Gasteiger charge is -2.20. The van der Waals surface area contributed by atoms with Gasteiger partial charge in [-0.3, -0.25) is 0 Å². The number of para-hydroxylation sites is 6. The monoisotopic (exact) mass is 624 g/mol. The van der Waals surface area contributed by atoms with Gasteiger partial charge in [0.1, 0.15) is 23.3 Å². The van der Waals surface area contributed by atoms with Crippen LogP contribution < -0.4 is 0 Å². The number of furan rings is 1. The molecule has 49 heavy (non-hydrogen) atoms. The lowest BCUT2D eigenvalue weighted by Crippen LogP contribution is -2.05. The summed E-state index contributed by atoms with van der Waals surface area (Å²) in [6.07, 6.45) is 0. The van der Waals surface area contributed by atoms with Crippen LogP contribution in [0.3, 0.4) is 0 Å². The van der Waals surface area contributed by atoms with E-state index in [1.165, 1.54) is 0 Å². The first kappa shape index (κ1) is 27.1. The molecule has 10 rings (SSSR count). The van der Waals surface area contributed by atoms with Crippen molar-refractivity contribution in [2.45, 2.75) is 0 Å². The Labute approximate surface area is 280 Å². The van der Waals surface area contributed by atoms with Crippen molar-refractivity contribution in [1.82, 2.24) is 9.13 Å². The van der Waals surface area contributed by atoms with Gasteiger partial charge in [0.15, 0.2) is 0 Å². The van der Waals surface area contributed by atoms with E-state index in [1.54, 1.807) is 0 Å². The van der Waals surface area contributed by atoms with Gasteiger partial charge in [0.2, 0.25) is 0 Å². The highest BCUT2D eigenvalue weighted by Gasteiger charge is 2.24. The van der Waals surface area contributed by atoms with Crippen LogP contribution in [-0.2, 0) is 0 Å². The third-order valence-electron chi connectivity index (χ3n) is 9.80. The predicted octanol–water partition coefficient (Wildman–Crippen LogP) is 11.2. The molecular weight excluding hydrogens is 601 g/mol. The molecule has 10 aromatic rings. The van der Waals surface area contributed by atoms with Gasteiger partial charge >= 0.3 is 0 Å². The fraction of sp³-hybridized carbons (Fsp3) is 0. The van der Waals surface area contributed by atoms with Crippen molar-refractivity contribution < 1.29 is 4.42 Å². The summed E-state index contributed by atoms with van der Waals surface area (Å²) in [5.41, 5.74) is 9.97. The topological polar surface area (TPSA) is 70.6 Å². The first-order valence-corrected chi connectivity index (χ1v) is 16.1. The van der Waals surface area contributed by atoms with E-state index in [0.717, 1.165) is 88.1 Å². The molecule has 5 nitrogen and oxygen atoms in total. The van der Waals surface area contributed by atoms with E-state index >= 15 is 0 Å². The summed E-state index contributed by atoms with van der Waals surface area (Å²) in [4.78, 5) is 0. The molecule has 0 saturated carbocycles. The smallest absolute Gasteiger partial charge is 0.136 e. The summed E-state index contributed by atoms with van der Waals surface area (Å²) in [5.74, 6) is 0. The molecule has 3 heterocycles. The molecular formula is C44H24N4O. The summed E-state index contributed by atoms with van der Waals surface area (Å²) in [7, 11) is 0. The van der Waals surface area contributed by atoms with E-state index < -0.39 is 0 Å². The molecule has 0 aliphatic carbocycles. The first-order valence-electron chi connectivity index (χ1n) is 16.1. The quantitative estimate of drug-likeness (QED) is 0.196. The van der Waals surface area contributed by atoms with Gasteiger partial charge in [-0.05, 0) is 48.5 Å². The molecule has 0 amide bonds. The molecule has 226 valence electrons. The van der Waals surface area contributed by atoms with Crippen molar-refractivity contribution in [3.05, 3.63) is 157 Å². The van der Waals surface area contributed by atoms with Crippen molar-refractivity contribution in [3.63, 3.8) is 0 Å². The minimum Gasteiger partial charge on any atom is -0.456 e. The Morgan fingerprint density at radius 3 is 1.41 bits per heavy atom. The van der Waals surface area contributed by atoms with E-state index in [9.17, 15) is 10.5 Å². The van der Waals surface area contributed by atoms with Gasteiger partial charge in [-0.15, -0.1) is 0 Å². The number of benzene rings is 7. The number of fused-ring (bicyclic) bond motifs is 9. The highest BCUT2D eigenvalue weighted by Crippen LogP contribution is 2.44. The van der Waals surface area contributed by atoms with Crippen LogP contribution >= 0.6 is 0 Å². The molecule has 0 unspecified atom stereocenters. The molecule has 0 atom stereocenters. The van der Waals surface area contributed by atoms with Crippen molar-refractivity contribution in [3.8, 4) is 34.6 Å². The van der Waals surface area contributed by atoms with E-state index in [-0.39, 0.29) is 0 Å². The average Bonchev–Trinajstić information content (AvgIpc) is 3.80. The standard InChI is InChI=1S/C44H24N4O/c45-25-27-11-9-17-33(43(27)47-37-19-5-1-13-29(37)30-14-2-6-20-38(30)47)34-18-10-12-28(26-46)44(34)48-39-21-7-3-15-31(39)35-24-42-36(23-40(35)48)32-16-4-8-22-41(32)49-42/h1-24H. The normalized spacial score (nSPS) is 11.6. The zero-order valence-corrected chi connectivity index (χ0v) is 26.1. The van der Waals surface area contributed by atoms with Crippen LogP contribution in [0.2, 0.25) is 0 Å². The first-order chi connectivity index (χ1) is 24.2. The number of nitrogens with zero attached hydrogens (tertiary/aromatic N) is 4. The molecule has 0 aliphatic rings. The molecule has 0 aliphatic heterocycles. The van der Waals surface area contributed by atoms with Crippen molar-refractivity contribution in [1.29, 1.82) is 10.5 Å². The highest BCUT2D eigenvalue weighted by atomic mass is 16.3. The third-order valence-corrected chi connectivity index (χ3v) is 9.80. The molecule has 0 spiro atoms. The van der Waals surface area contributed by atoms with Gasteiger partial charge in [-0.25, -0.2) is 0 Å². The Bertz CT molecular complexity index is 3030. The fourth-order valence-corrected chi connectivity index (χ4v) is 7.78. The molecule has 0 N–H and O–H groups in total. The van der Waals surface area contributed by atoms with Gasteiger partial charge in [-0.1, -0.05) is 97.1 Å². The Morgan fingerprint density at radius 2 is 0.857 bits per heavy atom. The van der Waals surface area contributed by atoms with Crippen LogP contribution in [0.1, 0.15) is 11.1 Å². The Hall–Kier alpha value is -7.08. The lowest BCUT2D eigenvalue weighted by molar-refractivity contribution is 0.669. The Balaban J connectivity index is 1.37. The summed E-state index contributed by atoms with van der Waals surface area (Å²) in [6, 6.07) is 54.1. The number of hydrogen-bond donors (Lipinski definition) is 0. The maximum absolute atomic E-state index is 10.7. The third kappa shape index (κ3) is 3.73. The molecule has 3 aromatic heterocycles. The van der Waals surface area contributed by atoms with Crippen molar-refractivity contribution >= 4 is 65.6 Å². The van der Waals surface area contributed by atoms with Crippen LogP contribution in [0.15, 0.2) is 150 Å².